The van der Waals surface area contributed by atoms with E-state index in [1.807, 2.05) is 0 Å². The Bertz CT molecular complexity index is 779. The molecular weight excluding hydrogens is 503 g/mol. The zero-order valence-electron chi connectivity index (χ0n) is 13.9. The van der Waals surface area contributed by atoms with Crippen molar-refractivity contribution in [3.05, 3.63) is 81.9 Å². The Hall–Kier alpha value is -0.367. The van der Waals surface area contributed by atoms with Gasteiger partial charge in [-0.15, -0.1) is 0 Å². The Morgan fingerprint density at radius 1 is 0.750 bits per heavy atom. The van der Waals surface area contributed by atoms with Gasteiger partial charge in [0.1, 0.15) is 0 Å². The number of halogens is 2. The first-order valence-corrected chi connectivity index (χ1v) is 12.5. The number of fused-ring (bicyclic) bond motifs is 2. The fourth-order valence-corrected chi connectivity index (χ4v) is 9.68. The molecule has 122 valence electrons. The van der Waals surface area contributed by atoms with E-state index in [9.17, 15) is 0 Å². The Morgan fingerprint density at radius 3 is 1.58 bits per heavy atom. The summed E-state index contributed by atoms with van der Waals surface area (Å²) in [6.07, 6.45) is 9.52. The van der Waals surface area contributed by atoms with Crippen LogP contribution in [0.4, 0.5) is 0 Å². The van der Waals surface area contributed by atoms with E-state index in [4.69, 9.17) is 4.21 Å². The third-order valence-corrected chi connectivity index (χ3v) is 11.5. The fourth-order valence-electron chi connectivity index (χ4n) is 3.84. The van der Waals surface area contributed by atoms with Gasteiger partial charge in [-0.2, -0.15) is 0 Å². The Morgan fingerprint density at radius 2 is 1.17 bits per heavy atom. The number of allylic oxidation sites excluding steroid dienone is 2. The van der Waals surface area contributed by atoms with Gasteiger partial charge in [0, 0.05) is 0 Å². The van der Waals surface area contributed by atoms with Gasteiger partial charge < -0.3 is 34.0 Å². The molecule has 2 aromatic carbocycles. The molecule has 2 aliphatic carbocycles. The topological polar surface area (TPSA) is 0 Å². The van der Waals surface area contributed by atoms with E-state index in [1.54, 1.807) is 0 Å². The third-order valence-electron chi connectivity index (χ3n) is 5.10. The molecular formula is C21H20Br2Zr. The van der Waals surface area contributed by atoms with Crippen molar-refractivity contribution in [2.45, 2.75) is 21.1 Å². The number of rotatable bonds is 2. The summed E-state index contributed by atoms with van der Waals surface area (Å²) < 4.78 is 5.97. The zero-order chi connectivity index (χ0) is 15.3. The molecule has 0 amide bonds. The fraction of sp³-hybridized carbons (Fsp3) is 0.190. The van der Waals surface area contributed by atoms with Crippen molar-refractivity contribution in [1.29, 1.82) is 0 Å². The van der Waals surface area contributed by atoms with Crippen LogP contribution < -0.4 is 34.0 Å². The predicted octanol–water partition coefficient (Wildman–Crippen LogP) is -0.802. The molecule has 2 atom stereocenters. The van der Waals surface area contributed by atoms with Crippen molar-refractivity contribution < 1.29 is 55.2 Å². The molecule has 24 heavy (non-hydrogen) atoms. The molecule has 0 saturated carbocycles. The Balaban J connectivity index is 0.00000104. The SMILES string of the molecule is [Br-].[Br-].[CH2]=[Zr+2]([CH]1C=Cc2c(C)cccc21)[CH]1C=Cc2c(C)cccc21. The molecule has 0 heterocycles. The average molecular weight is 523 g/mol. The van der Waals surface area contributed by atoms with Crippen molar-refractivity contribution in [2.24, 2.45) is 0 Å². The van der Waals surface area contributed by atoms with Gasteiger partial charge in [-0.3, -0.25) is 0 Å². The molecule has 4 rings (SSSR count). The molecule has 0 fully saturated rings. The second-order valence-electron chi connectivity index (χ2n) is 6.40. The predicted molar refractivity (Wildman–Crippen MR) is 93.0 cm³/mol. The standard InChI is InChI=1S/2C10H9.CH2.2BrH.Zr/c2*1-8-4-2-5-9-6-3-7-10(8)9;;;;/h2*2-7H,1H3;1H2;2*1H;/q;;;;;+2/p-2. The molecule has 0 nitrogen and oxygen atoms in total. The summed E-state index contributed by atoms with van der Waals surface area (Å²) in [7, 11) is 0. The number of benzene rings is 2. The average Bonchev–Trinajstić information content (AvgIpc) is 3.12. The van der Waals surface area contributed by atoms with Crippen LogP contribution in [-0.2, 0) is 21.3 Å². The molecule has 0 radical (unpaired) electrons. The van der Waals surface area contributed by atoms with Crippen LogP contribution in [-0.4, -0.2) is 4.21 Å². The van der Waals surface area contributed by atoms with Crippen LogP contribution in [0.3, 0.4) is 0 Å². The number of hydrogen-bond acceptors (Lipinski definition) is 0. The summed E-state index contributed by atoms with van der Waals surface area (Å²) in [4.78, 5) is 0. The molecule has 0 N–H and O–H groups in total. The molecule has 0 spiro atoms. The molecule has 0 aromatic heterocycles. The molecule has 2 unspecified atom stereocenters. The van der Waals surface area contributed by atoms with E-state index in [1.165, 1.54) is 33.4 Å². The second kappa shape index (κ2) is 7.89. The van der Waals surface area contributed by atoms with Gasteiger partial charge in [-0.1, -0.05) is 0 Å². The van der Waals surface area contributed by atoms with E-state index in [-0.39, 0.29) is 34.0 Å². The molecule has 2 aromatic rings. The summed E-state index contributed by atoms with van der Waals surface area (Å²) in [6, 6.07) is 13.5. The van der Waals surface area contributed by atoms with Crippen LogP contribution in [0.15, 0.2) is 48.6 Å². The minimum absolute atomic E-state index is 0. The van der Waals surface area contributed by atoms with Gasteiger partial charge >= 0.3 is 141 Å². The van der Waals surface area contributed by atoms with E-state index in [0.29, 0.717) is 7.25 Å². The van der Waals surface area contributed by atoms with E-state index in [2.05, 4.69) is 74.5 Å². The van der Waals surface area contributed by atoms with Crippen molar-refractivity contribution >= 4 is 16.4 Å². The number of hydrogen-bond donors (Lipinski definition) is 0. The molecule has 0 bridgehead atoms. The number of aryl methyl sites for hydroxylation is 2. The summed E-state index contributed by atoms with van der Waals surface area (Å²) in [5.74, 6) is 0. The first-order valence-electron chi connectivity index (χ1n) is 7.91. The van der Waals surface area contributed by atoms with Gasteiger partial charge in [-0.25, -0.2) is 0 Å². The van der Waals surface area contributed by atoms with Gasteiger partial charge in [-0.05, 0) is 0 Å². The quantitative estimate of drug-likeness (QED) is 0.484. The monoisotopic (exact) mass is 520 g/mol. The summed E-state index contributed by atoms with van der Waals surface area (Å²) in [5.41, 5.74) is 8.73. The van der Waals surface area contributed by atoms with Crippen LogP contribution >= 0.6 is 0 Å². The first-order chi connectivity index (χ1) is 10.7. The van der Waals surface area contributed by atoms with Gasteiger partial charge in [0.25, 0.3) is 0 Å². The third kappa shape index (κ3) is 3.20. The van der Waals surface area contributed by atoms with Crippen molar-refractivity contribution in [1.82, 2.24) is 0 Å². The van der Waals surface area contributed by atoms with Crippen LogP contribution in [0, 0.1) is 13.8 Å². The van der Waals surface area contributed by atoms with Gasteiger partial charge in [0.2, 0.25) is 0 Å². The van der Waals surface area contributed by atoms with Crippen LogP contribution in [0.5, 0.6) is 0 Å². The van der Waals surface area contributed by atoms with E-state index in [0.717, 1.165) is 0 Å². The van der Waals surface area contributed by atoms with Gasteiger partial charge in [0.15, 0.2) is 0 Å². The molecule has 2 aliphatic rings. The minimum atomic E-state index is -1.90. The van der Waals surface area contributed by atoms with Gasteiger partial charge in [0.05, 0.1) is 0 Å². The summed E-state index contributed by atoms with van der Waals surface area (Å²) in [6.45, 7) is 4.43. The summed E-state index contributed by atoms with van der Waals surface area (Å²) in [5, 5.41) is 0. The molecule has 0 aliphatic heterocycles. The molecule has 0 saturated heterocycles. The van der Waals surface area contributed by atoms with Crippen LogP contribution in [0.1, 0.15) is 40.6 Å². The first kappa shape index (κ1) is 20.0. The zero-order valence-corrected chi connectivity index (χ0v) is 19.5. The normalized spacial score (nSPS) is 18.9. The Labute approximate surface area is 173 Å². The Kier molecular flexibility index (Phi) is 6.56. The summed E-state index contributed by atoms with van der Waals surface area (Å²) >= 11 is -1.90. The second-order valence-corrected chi connectivity index (χ2v) is 12.3. The van der Waals surface area contributed by atoms with Crippen LogP contribution in [0.25, 0.3) is 12.2 Å². The van der Waals surface area contributed by atoms with E-state index < -0.39 is 21.3 Å². The van der Waals surface area contributed by atoms with Crippen molar-refractivity contribution in [2.75, 3.05) is 0 Å². The van der Waals surface area contributed by atoms with Crippen molar-refractivity contribution in [3.8, 4) is 0 Å². The van der Waals surface area contributed by atoms with Crippen molar-refractivity contribution in [3.63, 3.8) is 0 Å². The van der Waals surface area contributed by atoms with E-state index >= 15 is 0 Å². The maximum absolute atomic E-state index is 4.75. The molecule has 3 heteroatoms. The maximum atomic E-state index is 4.75. The van der Waals surface area contributed by atoms with Crippen LogP contribution in [0.2, 0.25) is 0 Å².